The van der Waals surface area contributed by atoms with Crippen molar-refractivity contribution in [1.82, 2.24) is 16.0 Å². The van der Waals surface area contributed by atoms with Crippen molar-refractivity contribution >= 4 is 5.91 Å². The van der Waals surface area contributed by atoms with Gasteiger partial charge in [-0.3, -0.25) is 4.79 Å². The Bertz CT molecular complexity index is 280. The smallest absolute Gasteiger partial charge is 0.254 e. The average Bonchev–Trinajstić information content (AvgIpc) is 2.60. The second kappa shape index (κ2) is 17.2. The lowest BCUT2D eigenvalue weighted by atomic mass is 9.97. The molecule has 0 bridgehead atoms. The predicted octanol–water partition coefficient (Wildman–Crippen LogP) is 5.20. The minimum Gasteiger partial charge on any atom is -0.272 e. The standard InChI is InChI=1S/C20H43N3O/c1-5-7-8-9-10-11-12-13-14-15-16-17-18-19(6-2)20(24)23(21-3)22-4/h19,21-22H,5-18H2,1-4H3. The molecule has 1 atom stereocenters. The maximum atomic E-state index is 12.3. The largest absolute Gasteiger partial charge is 0.272 e. The molecule has 0 aromatic heterocycles. The highest BCUT2D eigenvalue weighted by Gasteiger charge is 2.20. The summed E-state index contributed by atoms with van der Waals surface area (Å²) in [7, 11) is 3.54. The summed E-state index contributed by atoms with van der Waals surface area (Å²) in [6.07, 6.45) is 18.3. The third-order valence-corrected chi connectivity index (χ3v) is 4.92. The quantitative estimate of drug-likeness (QED) is 0.282. The second-order valence-electron chi connectivity index (χ2n) is 6.90. The molecule has 4 heteroatoms. The number of amides is 1. The van der Waals surface area contributed by atoms with Crippen LogP contribution in [0, 0.1) is 5.92 Å². The molecule has 0 rings (SSSR count). The Labute approximate surface area is 151 Å². The zero-order chi connectivity index (χ0) is 18.0. The highest BCUT2D eigenvalue weighted by Crippen LogP contribution is 2.17. The number of unbranched alkanes of at least 4 members (excludes halogenated alkanes) is 11. The molecule has 1 unspecified atom stereocenters. The fourth-order valence-corrected chi connectivity index (χ4v) is 3.25. The van der Waals surface area contributed by atoms with Crippen LogP contribution in [0.1, 0.15) is 104 Å². The van der Waals surface area contributed by atoms with Gasteiger partial charge in [0.2, 0.25) is 0 Å². The summed E-state index contributed by atoms with van der Waals surface area (Å²) >= 11 is 0. The maximum absolute atomic E-state index is 12.3. The minimum atomic E-state index is 0.132. The third kappa shape index (κ3) is 11.9. The van der Waals surface area contributed by atoms with Gasteiger partial charge in [0.05, 0.1) is 0 Å². The monoisotopic (exact) mass is 341 g/mol. The van der Waals surface area contributed by atoms with E-state index in [0.29, 0.717) is 0 Å². The summed E-state index contributed by atoms with van der Waals surface area (Å²) < 4.78 is 0. The van der Waals surface area contributed by atoms with E-state index in [9.17, 15) is 4.79 Å². The van der Waals surface area contributed by atoms with Crippen LogP contribution in [0.3, 0.4) is 0 Å². The Morgan fingerprint density at radius 1 is 0.750 bits per heavy atom. The second-order valence-corrected chi connectivity index (χ2v) is 6.90. The van der Waals surface area contributed by atoms with Crippen LogP contribution in [0.2, 0.25) is 0 Å². The van der Waals surface area contributed by atoms with Gasteiger partial charge < -0.3 is 0 Å². The van der Waals surface area contributed by atoms with Gasteiger partial charge in [0.25, 0.3) is 5.91 Å². The van der Waals surface area contributed by atoms with Gasteiger partial charge in [-0.05, 0) is 12.8 Å². The van der Waals surface area contributed by atoms with E-state index in [0.717, 1.165) is 12.8 Å². The number of nitrogens with one attached hydrogen (secondary N) is 2. The van der Waals surface area contributed by atoms with Crippen LogP contribution >= 0.6 is 0 Å². The first-order valence-corrected chi connectivity index (χ1v) is 10.4. The minimum absolute atomic E-state index is 0.132. The molecule has 0 aliphatic heterocycles. The SMILES string of the molecule is CCCCCCCCCCCCCCC(CC)C(=O)N(NC)NC. The molecular formula is C20H43N3O. The van der Waals surface area contributed by atoms with Gasteiger partial charge in [-0.2, -0.15) is 0 Å². The van der Waals surface area contributed by atoms with E-state index in [1.54, 1.807) is 14.1 Å². The van der Waals surface area contributed by atoms with Crippen molar-refractivity contribution in [3.05, 3.63) is 0 Å². The molecule has 0 fully saturated rings. The zero-order valence-electron chi connectivity index (χ0n) is 16.8. The summed E-state index contributed by atoms with van der Waals surface area (Å²) in [5.74, 6) is 0.290. The molecule has 0 aromatic rings. The van der Waals surface area contributed by atoms with Crippen molar-refractivity contribution in [2.24, 2.45) is 5.92 Å². The van der Waals surface area contributed by atoms with Crippen LogP contribution in [0.5, 0.6) is 0 Å². The van der Waals surface area contributed by atoms with E-state index in [1.165, 1.54) is 82.2 Å². The number of carbonyl (C=O) groups is 1. The van der Waals surface area contributed by atoms with Crippen molar-refractivity contribution in [3.63, 3.8) is 0 Å². The van der Waals surface area contributed by atoms with Crippen LogP contribution in [0.15, 0.2) is 0 Å². The van der Waals surface area contributed by atoms with Gasteiger partial charge in [-0.25, -0.2) is 16.0 Å². The van der Waals surface area contributed by atoms with Crippen LogP contribution in [0.4, 0.5) is 0 Å². The van der Waals surface area contributed by atoms with Gasteiger partial charge in [-0.15, -0.1) is 0 Å². The van der Waals surface area contributed by atoms with Crippen molar-refractivity contribution < 1.29 is 4.79 Å². The molecule has 0 spiro atoms. The van der Waals surface area contributed by atoms with E-state index >= 15 is 0 Å². The molecule has 0 saturated carbocycles. The number of hydrogen-bond donors (Lipinski definition) is 2. The molecule has 2 N–H and O–H groups in total. The Hall–Kier alpha value is -0.610. The summed E-state index contributed by atoms with van der Waals surface area (Å²) in [5, 5.41) is 1.49. The molecule has 1 amide bonds. The molecule has 24 heavy (non-hydrogen) atoms. The van der Waals surface area contributed by atoms with Gasteiger partial charge in [0, 0.05) is 20.0 Å². The van der Waals surface area contributed by atoms with Gasteiger partial charge in [0.1, 0.15) is 0 Å². The normalized spacial score (nSPS) is 12.3. The highest BCUT2D eigenvalue weighted by molar-refractivity contribution is 5.77. The summed E-state index contributed by atoms with van der Waals surface area (Å²) in [4.78, 5) is 12.3. The van der Waals surface area contributed by atoms with Crippen LogP contribution in [-0.4, -0.2) is 25.1 Å². The van der Waals surface area contributed by atoms with Crippen molar-refractivity contribution in [3.8, 4) is 0 Å². The van der Waals surface area contributed by atoms with Crippen molar-refractivity contribution in [2.75, 3.05) is 14.1 Å². The number of rotatable bonds is 17. The number of nitrogens with zero attached hydrogens (tertiary/aromatic N) is 1. The number of hydrogen-bond acceptors (Lipinski definition) is 3. The van der Waals surface area contributed by atoms with Gasteiger partial charge in [-0.1, -0.05) is 90.9 Å². The van der Waals surface area contributed by atoms with E-state index in [-0.39, 0.29) is 11.8 Å². The predicted molar refractivity (Wildman–Crippen MR) is 104 cm³/mol. The van der Waals surface area contributed by atoms with E-state index in [4.69, 9.17) is 0 Å². The van der Waals surface area contributed by atoms with E-state index < -0.39 is 0 Å². The topological polar surface area (TPSA) is 44.4 Å². The van der Waals surface area contributed by atoms with Crippen molar-refractivity contribution in [2.45, 2.75) is 104 Å². The summed E-state index contributed by atoms with van der Waals surface area (Å²) in [6.45, 7) is 4.38. The summed E-state index contributed by atoms with van der Waals surface area (Å²) in [6, 6.07) is 0. The van der Waals surface area contributed by atoms with E-state index in [2.05, 4.69) is 24.7 Å². The lowest BCUT2D eigenvalue weighted by molar-refractivity contribution is -0.142. The fraction of sp³-hybridized carbons (Fsp3) is 0.950. The van der Waals surface area contributed by atoms with Crippen LogP contribution < -0.4 is 10.9 Å². The van der Waals surface area contributed by atoms with E-state index in [1.807, 2.05) is 0 Å². The third-order valence-electron chi connectivity index (χ3n) is 4.92. The summed E-state index contributed by atoms with van der Waals surface area (Å²) in [5.41, 5.74) is 5.77. The molecular weight excluding hydrogens is 298 g/mol. The molecule has 0 aliphatic carbocycles. The molecule has 4 nitrogen and oxygen atoms in total. The molecule has 0 radical (unpaired) electrons. The number of carbonyl (C=O) groups excluding carboxylic acids is 1. The molecule has 0 aromatic carbocycles. The first-order valence-electron chi connectivity index (χ1n) is 10.4. The van der Waals surface area contributed by atoms with Gasteiger partial charge in [0.15, 0.2) is 0 Å². The lowest BCUT2D eigenvalue weighted by Gasteiger charge is -2.24. The molecule has 144 valence electrons. The molecule has 0 saturated heterocycles. The lowest BCUT2D eigenvalue weighted by Crippen LogP contribution is -2.50. The zero-order valence-corrected chi connectivity index (χ0v) is 16.8. The Morgan fingerprint density at radius 3 is 1.54 bits per heavy atom. The van der Waals surface area contributed by atoms with Crippen molar-refractivity contribution in [1.29, 1.82) is 0 Å². The Balaban J connectivity index is 3.52. The first kappa shape index (κ1) is 23.4. The highest BCUT2D eigenvalue weighted by atomic mass is 16.2. The Kier molecular flexibility index (Phi) is 16.8. The van der Waals surface area contributed by atoms with Crippen LogP contribution in [-0.2, 0) is 4.79 Å². The van der Waals surface area contributed by atoms with Crippen LogP contribution in [0.25, 0.3) is 0 Å². The average molecular weight is 342 g/mol. The molecule has 0 aliphatic rings. The Morgan fingerprint density at radius 2 is 1.17 bits per heavy atom. The number of hydrazine groups is 2. The van der Waals surface area contributed by atoms with Gasteiger partial charge >= 0.3 is 0 Å². The maximum Gasteiger partial charge on any atom is 0.254 e. The fourth-order valence-electron chi connectivity index (χ4n) is 3.25. The first-order chi connectivity index (χ1) is 11.7. The molecule has 0 heterocycles.